The van der Waals surface area contributed by atoms with Crippen molar-refractivity contribution in [3.63, 3.8) is 0 Å². The fourth-order valence-electron chi connectivity index (χ4n) is 2.34. The van der Waals surface area contributed by atoms with Crippen molar-refractivity contribution in [2.45, 2.75) is 26.3 Å². The number of hydrogen-bond acceptors (Lipinski definition) is 4. The maximum absolute atomic E-state index is 5.95. The maximum atomic E-state index is 5.95. The average molecular weight is 353 g/mol. The fourth-order valence-corrected chi connectivity index (χ4v) is 2.46. The van der Waals surface area contributed by atoms with Crippen LogP contribution in [0.4, 0.5) is 17.5 Å². The van der Waals surface area contributed by atoms with Gasteiger partial charge in [0.05, 0.1) is 5.69 Å². The Hall–Kier alpha value is -2.59. The quantitative estimate of drug-likeness (QED) is 0.593. The van der Waals surface area contributed by atoms with Crippen LogP contribution < -0.4 is 10.6 Å². The summed E-state index contributed by atoms with van der Waals surface area (Å²) in [7, 11) is 0. The summed E-state index contributed by atoms with van der Waals surface area (Å²) in [5.74, 6) is 1.36. The Morgan fingerprint density at radius 1 is 1.00 bits per heavy atom. The highest BCUT2D eigenvalue weighted by molar-refractivity contribution is 6.30. The van der Waals surface area contributed by atoms with Gasteiger partial charge < -0.3 is 10.6 Å². The van der Waals surface area contributed by atoms with Crippen LogP contribution in [0.15, 0.2) is 60.7 Å². The third-order valence-electron chi connectivity index (χ3n) is 3.90. The molecule has 3 aromatic rings. The van der Waals surface area contributed by atoms with Crippen LogP contribution in [0.25, 0.3) is 11.3 Å². The summed E-state index contributed by atoms with van der Waals surface area (Å²) < 4.78 is 0. The first-order chi connectivity index (χ1) is 12.1. The molecule has 0 spiro atoms. The predicted molar refractivity (Wildman–Crippen MR) is 106 cm³/mol. The molecule has 0 saturated heterocycles. The highest BCUT2D eigenvalue weighted by Gasteiger charge is 2.09. The minimum atomic E-state index is 0.300. The van der Waals surface area contributed by atoms with Crippen LogP contribution >= 0.6 is 11.6 Å². The van der Waals surface area contributed by atoms with Crippen molar-refractivity contribution in [1.29, 1.82) is 0 Å². The first-order valence-electron chi connectivity index (χ1n) is 8.37. The van der Waals surface area contributed by atoms with Gasteiger partial charge in [-0.1, -0.05) is 48.9 Å². The monoisotopic (exact) mass is 352 g/mol. The van der Waals surface area contributed by atoms with Crippen LogP contribution in [0.5, 0.6) is 0 Å². The molecule has 1 aromatic heterocycles. The van der Waals surface area contributed by atoms with E-state index < -0.39 is 0 Å². The number of halogens is 1. The van der Waals surface area contributed by atoms with Crippen molar-refractivity contribution >= 4 is 29.1 Å². The number of aromatic nitrogens is 2. The summed E-state index contributed by atoms with van der Waals surface area (Å²) in [5, 5.41) is 7.38. The Morgan fingerprint density at radius 2 is 1.72 bits per heavy atom. The van der Waals surface area contributed by atoms with Gasteiger partial charge in [0, 0.05) is 28.4 Å². The Kier molecular flexibility index (Phi) is 5.51. The van der Waals surface area contributed by atoms with E-state index in [1.807, 2.05) is 60.7 Å². The molecular weight excluding hydrogens is 332 g/mol. The van der Waals surface area contributed by atoms with E-state index in [2.05, 4.69) is 34.4 Å². The second-order valence-corrected chi connectivity index (χ2v) is 6.35. The first-order valence-corrected chi connectivity index (χ1v) is 8.75. The van der Waals surface area contributed by atoms with Crippen molar-refractivity contribution in [3.8, 4) is 11.3 Å². The molecule has 2 aromatic carbocycles. The fraction of sp³-hybridized carbons (Fsp3) is 0.200. The summed E-state index contributed by atoms with van der Waals surface area (Å²) in [6.07, 6.45) is 0.999. The van der Waals surface area contributed by atoms with E-state index >= 15 is 0 Å². The molecule has 3 rings (SSSR count). The van der Waals surface area contributed by atoms with E-state index in [-0.39, 0.29) is 0 Å². The molecule has 4 nitrogen and oxygen atoms in total. The molecule has 0 aliphatic rings. The van der Waals surface area contributed by atoms with E-state index in [0.717, 1.165) is 29.2 Å². The number of benzene rings is 2. The molecule has 0 radical (unpaired) electrons. The van der Waals surface area contributed by atoms with E-state index in [0.29, 0.717) is 17.0 Å². The molecule has 128 valence electrons. The van der Waals surface area contributed by atoms with Crippen LogP contribution in [0.3, 0.4) is 0 Å². The van der Waals surface area contributed by atoms with Crippen molar-refractivity contribution < 1.29 is 0 Å². The smallest absolute Gasteiger partial charge is 0.225 e. The summed E-state index contributed by atoms with van der Waals surface area (Å²) in [6, 6.07) is 19.9. The Morgan fingerprint density at radius 3 is 2.40 bits per heavy atom. The molecule has 0 amide bonds. The molecule has 2 N–H and O–H groups in total. The molecule has 0 bridgehead atoms. The summed E-state index contributed by atoms with van der Waals surface area (Å²) in [5.41, 5.74) is 2.85. The lowest BCUT2D eigenvalue weighted by atomic mass is 10.1. The minimum Gasteiger partial charge on any atom is -0.352 e. The molecule has 25 heavy (non-hydrogen) atoms. The van der Waals surface area contributed by atoms with Crippen LogP contribution in [-0.2, 0) is 0 Å². The third kappa shape index (κ3) is 4.70. The standard InChI is InChI=1S/C20H21ClN4/c1-3-14(2)22-20-24-18(15-7-5-4-6-8-15)13-19(25-20)23-17-11-9-16(21)10-12-17/h4-14H,3H2,1-2H3,(H2,22,23,24,25)/t14-/m0/s1. The minimum absolute atomic E-state index is 0.300. The zero-order valence-electron chi connectivity index (χ0n) is 14.3. The van der Waals surface area contributed by atoms with Gasteiger partial charge in [0.15, 0.2) is 0 Å². The number of hydrogen-bond donors (Lipinski definition) is 2. The maximum Gasteiger partial charge on any atom is 0.225 e. The lowest BCUT2D eigenvalue weighted by molar-refractivity contribution is 0.753. The van der Waals surface area contributed by atoms with Gasteiger partial charge in [0.2, 0.25) is 5.95 Å². The van der Waals surface area contributed by atoms with Crippen LogP contribution in [0, 0.1) is 0 Å². The molecule has 5 heteroatoms. The second kappa shape index (κ2) is 7.99. The van der Waals surface area contributed by atoms with Gasteiger partial charge in [-0.3, -0.25) is 0 Å². The summed E-state index contributed by atoms with van der Waals surface area (Å²) in [4.78, 5) is 9.26. The first kappa shape index (κ1) is 17.2. The van der Waals surface area contributed by atoms with Crippen LogP contribution in [0.1, 0.15) is 20.3 Å². The largest absolute Gasteiger partial charge is 0.352 e. The highest BCUT2D eigenvalue weighted by atomic mass is 35.5. The zero-order valence-corrected chi connectivity index (χ0v) is 15.1. The summed E-state index contributed by atoms with van der Waals surface area (Å²) >= 11 is 5.95. The van der Waals surface area contributed by atoms with Gasteiger partial charge in [-0.15, -0.1) is 0 Å². The Balaban J connectivity index is 1.95. The zero-order chi connectivity index (χ0) is 17.6. The summed E-state index contributed by atoms with van der Waals surface area (Å²) in [6.45, 7) is 4.25. The Bertz CT molecular complexity index is 819. The van der Waals surface area contributed by atoms with Crippen LogP contribution in [-0.4, -0.2) is 16.0 Å². The second-order valence-electron chi connectivity index (χ2n) is 5.91. The van der Waals surface area contributed by atoms with E-state index in [1.54, 1.807) is 0 Å². The molecule has 0 aliphatic carbocycles. The van der Waals surface area contributed by atoms with E-state index in [1.165, 1.54) is 0 Å². The lowest BCUT2D eigenvalue weighted by Crippen LogP contribution is -2.16. The number of nitrogens with one attached hydrogen (secondary N) is 2. The number of nitrogens with zero attached hydrogens (tertiary/aromatic N) is 2. The molecule has 0 saturated carbocycles. The molecule has 0 unspecified atom stereocenters. The van der Waals surface area contributed by atoms with Gasteiger partial charge in [0.1, 0.15) is 5.82 Å². The van der Waals surface area contributed by atoms with Gasteiger partial charge in [0.25, 0.3) is 0 Å². The average Bonchev–Trinajstić information content (AvgIpc) is 2.64. The van der Waals surface area contributed by atoms with E-state index in [4.69, 9.17) is 11.6 Å². The SMILES string of the molecule is CC[C@H](C)Nc1nc(Nc2ccc(Cl)cc2)cc(-c2ccccc2)n1. The number of rotatable bonds is 6. The molecule has 1 atom stereocenters. The van der Waals surface area contributed by atoms with Crippen molar-refractivity contribution in [2.24, 2.45) is 0 Å². The molecular formula is C20H21ClN4. The van der Waals surface area contributed by atoms with Crippen molar-refractivity contribution in [2.75, 3.05) is 10.6 Å². The topological polar surface area (TPSA) is 49.8 Å². The van der Waals surface area contributed by atoms with Gasteiger partial charge in [-0.05, 0) is 37.6 Å². The van der Waals surface area contributed by atoms with Gasteiger partial charge in [-0.2, -0.15) is 4.98 Å². The molecule has 0 fully saturated rings. The third-order valence-corrected chi connectivity index (χ3v) is 4.15. The van der Waals surface area contributed by atoms with Gasteiger partial charge in [-0.25, -0.2) is 4.98 Å². The predicted octanol–water partition coefficient (Wildman–Crippen LogP) is 5.75. The molecule has 0 aliphatic heterocycles. The van der Waals surface area contributed by atoms with Crippen molar-refractivity contribution in [1.82, 2.24) is 9.97 Å². The van der Waals surface area contributed by atoms with Crippen LogP contribution in [0.2, 0.25) is 5.02 Å². The lowest BCUT2D eigenvalue weighted by Gasteiger charge is -2.14. The molecule has 1 heterocycles. The van der Waals surface area contributed by atoms with Crippen molar-refractivity contribution in [3.05, 3.63) is 65.7 Å². The van der Waals surface area contributed by atoms with E-state index in [9.17, 15) is 0 Å². The Labute approximate surface area is 153 Å². The highest BCUT2D eigenvalue weighted by Crippen LogP contribution is 2.24. The number of anilines is 3. The normalized spacial score (nSPS) is 11.8. The van der Waals surface area contributed by atoms with Gasteiger partial charge >= 0.3 is 0 Å².